The molecule has 0 fully saturated rings. The number of nitrogens with one attached hydrogen (secondary N) is 1. The van der Waals surface area contributed by atoms with Crippen molar-refractivity contribution < 1.29 is 14.5 Å². The Kier molecular flexibility index (Phi) is 6.60. The maximum absolute atomic E-state index is 13.0. The van der Waals surface area contributed by atoms with Crippen LogP contribution in [0.1, 0.15) is 11.3 Å². The van der Waals surface area contributed by atoms with Gasteiger partial charge in [-0.05, 0) is 55.1 Å². The van der Waals surface area contributed by atoms with E-state index in [9.17, 15) is 14.9 Å². The highest BCUT2D eigenvalue weighted by atomic mass is 35.5. The monoisotopic (exact) mass is 533 g/mol. The van der Waals surface area contributed by atoms with Crippen molar-refractivity contribution in [2.75, 3.05) is 5.32 Å². The summed E-state index contributed by atoms with van der Waals surface area (Å²) >= 11 is 7.62. The van der Waals surface area contributed by atoms with E-state index < -0.39 is 10.8 Å². The number of aromatic nitrogens is 3. The topological polar surface area (TPSA) is 112 Å². The number of carbonyl (C=O) groups is 1. The van der Waals surface area contributed by atoms with Gasteiger partial charge in [-0.1, -0.05) is 17.7 Å². The van der Waals surface area contributed by atoms with E-state index in [4.69, 9.17) is 16.3 Å². The summed E-state index contributed by atoms with van der Waals surface area (Å²) in [4.78, 5) is 29.5. The van der Waals surface area contributed by atoms with E-state index in [1.807, 2.05) is 37.4 Å². The number of ether oxygens (including phenoxy) is 1. The van der Waals surface area contributed by atoms with E-state index in [2.05, 4.69) is 15.4 Å². The molecular formula is C26H20ClN5O4S. The van der Waals surface area contributed by atoms with Crippen molar-refractivity contribution in [3.63, 3.8) is 0 Å². The van der Waals surface area contributed by atoms with Crippen LogP contribution in [-0.4, -0.2) is 25.6 Å². The number of aryl methyl sites for hydroxylation is 2. The lowest BCUT2D eigenvalue weighted by Gasteiger charge is -2.11. The highest BCUT2D eigenvalue weighted by Crippen LogP contribution is 2.34. The Balaban J connectivity index is 1.41. The summed E-state index contributed by atoms with van der Waals surface area (Å²) in [6.45, 7) is 3.56. The first kappa shape index (κ1) is 24.4. The minimum Gasteiger partial charge on any atom is -0.457 e. The minimum absolute atomic E-state index is 0.125. The van der Waals surface area contributed by atoms with E-state index in [0.29, 0.717) is 16.4 Å². The van der Waals surface area contributed by atoms with Gasteiger partial charge in [0.05, 0.1) is 27.8 Å². The molecule has 3 aromatic heterocycles. The molecule has 0 unspecified atom stereocenters. The number of nitrogens with zero attached hydrogens (tertiary/aromatic N) is 4. The zero-order valence-corrected chi connectivity index (χ0v) is 21.3. The molecule has 9 nitrogen and oxygen atoms in total. The number of nitro benzene ring substituents is 1. The number of halogens is 1. The van der Waals surface area contributed by atoms with Crippen molar-refractivity contribution in [3.05, 3.63) is 92.6 Å². The third kappa shape index (κ3) is 5.16. The fraction of sp³-hybridized carbons (Fsp3) is 0.115. The van der Waals surface area contributed by atoms with Crippen LogP contribution in [0.3, 0.4) is 0 Å². The lowest BCUT2D eigenvalue weighted by Crippen LogP contribution is -2.20. The lowest BCUT2D eigenvalue weighted by atomic mass is 10.1. The van der Waals surface area contributed by atoms with Gasteiger partial charge in [-0.25, -0.2) is 9.67 Å². The van der Waals surface area contributed by atoms with Crippen LogP contribution in [0.4, 0.5) is 11.4 Å². The average Bonchev–Trinajstić information content (AvgIpc) is 3.49. The van der Waals surface area contributed by atoms with Crippen molar-refractivity contribution >= 4 is 51.3 Å². The third-order valence-electron chi connectivity index (χ3n) is 5.64. The second-order valence-corrected chi connectivity index (χ2v) is 9.69. The Bertz CT molecular complexity index is 1650. The normalized spacial score (nSPS) is 11.0. The molecule has 0 saturated carbocycles. The summed E-state index contributed by atoms with van der Waals surface area (Å²) in [7, 11) is 0. The van der Waals surface area contributed by atoms with Gasteiger partial charge in [-0.3, -0.25) is 14.9 Å². The highest BCUT2D eigenvalue weighted by Gasteiger charge is 2.18. The lowest BCUT2D eigenvalue weighted by molar-refractivity contribution is -0.384. The van der Waals surface area contributed by atoms with Gasteiger partial charge in [0.2, 0.25) is 5.91 Å². The fourth-order valence-corrected chi connectivity index (χ4v) is 5.02. The number of benzene rings is 2. The predicted molar refractivity (Wildman–Crippen MR) is 144 cm³/mol. The first-order chi connectivity index (χ1) is 17.8. The Hall–Kier alpha value is -4.28. The number of fused-ring (bicyclic) bond motifs is 1. The second-order valence-electron chi connectivity index (χ2n) is 8.31. The average molecular weight is 534 g/mol. The summed E-state index contributed by atoms with van der Waals surface area (Å²) < 4.78 is 7.39. The Labute approximate surface area is 220 Å². The molecule has 0 aliphatic rings. The molecule has 2 aromatic carbocycles. The molecule has 1 amide bonds. The molecule has 0 aliphatic carbocycles. The molecule has 0 radical (unpaired) electrons. The van der Waals surface area contributed by atoms with Crippen molar-refractivity contribution in [2.24, 2.45) is 0 Å². The number of hydrogen-bond acceptors (Lipinski definition) is 7. The van der Waals surface area contributed by atoms with Crippen LogP contribution in [0, 0.1) is 24.0 Å². The Morgan fingerprint density at radius 2 is 2.03 bits per heavy atom. The molecule has 5 aromatic rings. The van der Waals surface area contributed by atoms with Gasteiger partial charge in [0.25, 0.3) is 5.69 Å². The molecule has 11 heteroatoms. The molecule has 0 atom stereocenters. The summed E-state index contributed by atoms with van der Waals surface area (Å²) in [5.41, 5.74) is 3.11. The van der Waals surface area contributed by atoms with Crippen LogP contribution in [0.2, 0.25) is 5.02 Å². The van der Waals surface area contributed by atoms with Crippen LogP contribution in [-0.2, 0) is 11.3 Å². The van der Waals surface area contributed by atoms with Crippen LogP contribution in [0.5, 0.6) is 11.5 Å². The molecular weight excluding hydrogens is 514 g/mol. The molecule has 1 N–H and O–H groups in total. The molecule has 3 heterocycles. The van der Waals surface area contributed by atoms with Gasteiger partial charge in [0, 0.05) is 33.8 Å². The highest BCUT2D eigenvalue weighted by molar-refractivity contribution is 7.13. The summed E-state index contributed by atoms with van der Waals surface area (Å²) in [6, 6.07) is 15.1. The zero-order chi connectivity index (χ0) is 26.1. The number of rotatable bonds is 7. The molecule has 0 saturated heterocycles. The summed E-state index contributed by atoms with van der Waals surface area (Å²) in [5.74, 6) is 0.285. The summed E-state index contributed by atoms with van der Waals surface area (Å²) in [6.07, 6.45) is 1.69. The number of anilines is 1. The van der Waals surface area contributed by atoms with Gasteiger partial charge >= 0.3 is 0 Å². The maximum atomic E-state index is 13.0. The Morgan fingerprint density at radius 3 is 2.76 bits per heavy atom. The zero-order valence-electron chi connectivity index (χ0n) is 19.8. The van der Waals surface area contributed by atoms with Crippen LogP contribution < -0.4 is 10.1 Å². The van der Waals surface area contributed by atoms with Crippen molar-refractivity contribution in [1.82, 2.24) is 14.8 Å². The number of thiophene rings is 1. The first-order valence-corrected chi connectivity index (χ1v) is 12.4. The quantitative estimate of drug-likeness (QED) is 0.182. The number of non-ortho nitro benzene ring substituents is 1. The number of pyridine rings is 1. The number of amides is 1. The SMILES string of the molecule is Cc1cc(Cl)ccc1Oc1cc(NC(=O)Cn2nc(C)c3c(-c4cccs4)ccnc32)cc([N+](=O)[O-])c1. The van der Waals surface area contributed by atoms with Crippen molar-refractivity contribution in [2.45, 2.75) is 20.4 Å². The Morgan fingerprint density at radius 1 is 1.19 bits per heavy atom. The standard InChI is InChI=1S/C26H20ClN5O4S/c1-15-10-17(27)5-6-22(15)36-20-12-18(11-19(13-20)32(34)35)29-24(33)14-31-26-25(16(2)30-31)21(7-8-28-26)23-4-3-9-37-23/h3-13H,14H2,1-2H3,(H,29,33). The molecule has 0 aliphatic heterocycles. The van der Waals surface area contributed by atoms with Gasteiger partial charge in [0.15, 0.2) is 5.65 Å². The molecule has 0 spiro atoms. The first-order valence-electron chi connectivity index (χ1n) is 11.2. The van der Waals surface area contributed by atoms with Crippen LogP contribution in [0.15, 0.2) is 66.2 Å². The summed E-state index contributed by atoms with van der Waals surface area (Å²) in [5, 5.41) is 22.2. The third-order valence-corrected chi connectivity index (χ3v) is 6.78. The second kappa shape index (κ2) is 10.00. The van der Waals surface area contributed by atoms with Crippen molar-refractivity contribution in [1.29, 1.82) is 0 Å². The minimum atomic E-state index is -0.544. The number of carbonyl (C=O) groups excluding carboxylic acids is 1. The van der Waals surface area contributed by atoms with Gasteiger partial charge < -0.3 is 10.1 Å². The number of nitro groups is 1. The van der Waals surface area contributed by atoms with E-state index in [1.54, 1.807) is 35.7 Å². The van der Waals surface area contributed by atoms with Crippen LogP contribution in [0.25, 0.3) is 21.5 Å². The van der Waals surface area contributed by atoms with Gasteiger partial charge in [0.1, 0.15) is 18.0 Å². The predicted octanol–water partition coefficient (Wildman–Crippen LogP) is 6.77. The molecule has 186 valence electrons. The van der Waals surface area contributed by atoms with Crippen LogP contribution >= 0.6 is 22.9 Å². The van der Waals surface area contributed by atoms with Gasteiger partial charge in [-0.15, -0.1) is 11.3 Å². The van der Waals surface area contributed by atoms with Gasteiger partial charge in [-0.2, -0.15) is 5.10 Å². The maximum Gasteiger partial charge on any atom is 0.275 e. The largest absolute Gasteiger partial charge is 0.457 e. The van der Waals surface area contributed by atoms with Crippen molar-refractivity contribution in [3.8, 4) is 21.9 Å². The van der Waals surface area contributed by atoms with E-state index in [1.165, 1.54) is 22.9 Å². The van der Waals surface area contributed by atoms with E-state index in [0.717, 1.165) is 27.1 Å². The molecule has 37 heavy (non-hydrogen) atoms. The fourth-order valence-electron chi connectivity index (χ4n) is 4.04. The number of hydrogen-bond donors (Lipinski definition) is 1. The smallest absolute Gasteiger partial charge is 0.275 e. The van der Waals surface area contributed by atoms with E-state index in [-0.39, 0.29) is 23.7 Å². The van der Waals surface area contributed by atoms with E-state index >= 15 is 0 Å². The molecule has 0 bridgehead atoms. The molecule has 5 rings (SSSR count).